The highest BCUT2D eigenvalue weighted by Crippen LogP contribution is 2.32. The number of amides is 2. The van der Waals surface area contributed by atoms with Gasteiger partial charge in [0.25, 0.3) is 5.91 Å². The number of benzene rings is 2. The lowest BCUT2D eigenvalue weighted by Gasteiger charge is -2.28. The Morgan fingerprint density at radius 3 is 2.48 bits per heavy atom. The summed E-state index contributed by atoms with van der Waals surface area (Å²) in [5.74, 6) is -0.0364. The summed E-state index contributed by atoms with van der Waals surface area (Å²) in [4.78, 5) is 41.4. The smallest absolute Gasteiger partial charge is 0.378 e. The van der Waals surface area contributed by atoms with Crippen molar-refractivity contribution in [3.05, 3.63) is 89.9 Å². The highest BCUT2D eigenvalue weighted by molar-refractivity contribution is 6.05. The lowest BCUT2D eigenvalue weighted by atomic mass is 10.1. The Bertz CT molecular complexity index is 1880. The Kier molecular flexibility index (Phi) is 7.51. The first-order chi connectivity index (χ1) is 21.1. The van der Waals surface area contributed by atoms with Gasteiger partial charge in [-0.05, 0) is 55.8 Å². The number of carbonyl (C=O) groups is 2. The summed E-state index contributed by atoms with van der Waals surface area (Å²) in [5, 5.41) is 6.20. The van der Waals surface area contributed by atoms with E-state index < -0.39 is 23.7 Å². The minimum absolute atomic E-state index is 0.141. The number of fused-ring (bicyclic) bond motifs is 1. The number of carbonyl (C=O) groups excluding carboxylic acids is 2. The fraction of sp³-hybridized carbons (Fsp3) is 0.233. The van der Waals surface area contributed by atoms with E-state index in [0.29, 0.717) is 60.1 Å². The largest absolute Gasteiger partial charge is 0.416 e. The summed E-state index contributed by atoms with van der Waals surface area (Å²) < 4.78 is 49.3. The van der Waals surface area contributed by atoms with E-state index in [1.807, 2.05) is 0 Å². The Labute approximate surface area is 249 Å². The zero-order valence-corrected chi connectivity index (χ0v) is 23.7. The summed E-state index contributed by atoms with van der Waals surface area (Å²) >= 11 is 0. The van der Waals surface area contributed by atoms with Crippen LogP contribution in [0.3, 0.4) is 0 Å². The lowest BCUT2D eigenvalue weighted by molar-refractivity contribution is -0.137. The van der Waals surface area contributed by atoms with E-state index in [-0.39, 0.29) is 16.9 Å². The van der Waals surface area contributed by atoms with Gasteiger partial charge in [-0.15, -0.1) is 0 Å². The monoisotopic (exact) mass is 604 g/mol. The third kappa shape index (κ3) is 5.83. The molecule has 0 atom stereocenters. The van der Waals surface area contributed by atoms with Crippen molar-refractivity contribution in [2.45, 2.75) is 20.0 Å². The van der Waals surface area contributed by atoms with E-state index in [4.69, 9.17) is 4.74 Å². The Morgan fingerprint density at radius 2 is 1.75 bits per heavy atom. The van der Waals surface area contributed by atoms with Gasteiger partial charge in [-0.25, -0.2) is 19.7 Å². The average Bonchev–Trinajstić information content (AvgIpc) is 3.65. The molecule has 6 rings (SSSR count). The standard InChI is InChI=1S/C30H27F3N8O3/c1-18-3-4-22(37-28(42)20-11-21(30(31,32)33)13-23(12-20)40-15-19(2)36-17-40)14-25(18)38-29(43)41-6-5-24-26(34-16-35-27(24)41)39-7-9-44-10-8-39/h3-6,11-17H,7-10H2,1-2H3,(H,37,42)(H,38,43). The first-order valence-corrected chi connectivity index (χ1v) is 13.7. The molecule has 0 saturated carbocycles. The Hall–Kier alpha value is -5.24. The summed E-state index contributed by atoms with van der Waals surface area (Å²) in [5.41, 5.74) is 1.40. The van der Waals surface area contributed by atoms with Crippen molar-refractivity contribution in [3.8, 4) is 5.69 Å². The molecule has 1 fully saturated rings. The third-order valence-electron chi connectivity index (χ3n) is 7.24. The van der Waals surface area contributed by atoms with Crippen molar-refractivity contribution in [2.75, 3.05) is 41.8 Å². The number of imidazole rings is 1. The van der Waals surface area contributed by atoms with E-state index in [0.717, 1.165) is 12.1 Å². The van der Waals surface area contributed by atoms with Gasteiger partial charge in [-0.1, -0.05) is 6.07 Å². The first-order valence-electron chi connectivity index (χ1n) is 13.7. The van der Waals surface area contributed by atoms with E-state index in [2.05, 4.69) is 30.5 Å². The van der Waals surface area contributed by atoms with E-state index in [9.17, 15) is 22.8 Å². The van der Waals surface area contributed by atoms with Gasteiger partial charge in [0, 0.05) is 48.1 Å². The number of anilines is 3. The molecular weight excluding hydrogens is 577 g/mol. The van der Waals surface area contributed by atoms with Crippen molar-refractivity contribution in [1.82, 2.24) is 24.1 Å². The molecule has 4 heterocycles. The van der Waals surface area contributed by atoms with Crippen LogP contribution in [0.15, 0.2) is 67.5 Å². The molecule has 0 unspecified atom stereocenters. The first kappa shape index (κ1) is 28.9. The number of aromatic nitrogens is 5. The molecule has 14 heteroatoms. The maximum Gasteiger partial charge on any atom is 0.416 e. The number of alkyl halides is 3. The highest BCUT2D eigenvalue weighted by atomic mass is 19.4. The molecule has 3 aromatic heterocycles. The van der Waals surface area contributed by atoms with E-state index in [1.165, 1.54) is 27.9 Å². The number of halogens is 3. The van der Waals surface area contributed by atoms with Gasteiger partial charge in [-0.3, -0.25) is 9.36 Å². The number of nitrogens with zero attached hydrogens (tertiary/aromatic N) is 6. The maximum absolute atomic E-state index is 13.7. The molecule has 0 spiro atoms. The van der Waals surface area contributed by atoms with Gasteiger partial charge in [0.15, 0.2) is 5.65 Å². The normalized spacial score (nSPS) is 13.7. The Morgan fingerprint density at radius 1 is 0.955 bits per heavy atom. The SMILES string of the molecule is Cc1cn(-c2cc(C(=O)Nc3ccc(C)c(NC(=O)n4ccc5c(N6CCOCC6)ncnc54)c3)cc(C(F)(F)F)c2)cn1. The number of aryl methyl sites for hydroxylation is 2. The van der Waals surface area contributed by atoms with Crippen LogP contribution in [-0.2, 0) is 10.9 Å². The number of rotatable bonds is 5. The topological polar surface area (TPSA) is 119 Å². The van der Waals surface area contributed by atoms with Crippen LogP contribution in [-0.4, -0.2) is 62.3 Å². The number of nitrogens with one attached hydrogen (secondary N) is 2. The van der Waals surface area contributed by atoms with Gasteiger partial charge in [-0.2, -0.15) is 13.2 Å². The van der Waals surface area contributed by atoms with Crippen LogP contribution in [0.4, 0.5) is 35.2 Å². The van der Waals surface area contributed by atoms with Crippen LogP contribution in [0.25, 0.3) is 16.7 Å². The Balaban J connectivity index is 1.24. The summed E-state index contributed by atoms with van der Waals surface area (Å²) in [6.07, 6.45) is 1.29. The van der Waals surface area contributed by atoms with Crippen LogP contribution < -0.4 is 15.5 Å². The zero-order valence-electron chi connectivity index (χ0n) is 23.7. The summed E-state index contributed by atoms with van der Waals surface area (Å²) in [6, 6.07) is 9.22. The van der Waals surface area contributed by atoms with E-state index >= 15 is 0 Å². The molecule has 0 aliphatic carbocycles. The molecule has 2 amide bonds. The van der Waals surface area contributed by atoms with Crippen LogP contribution in [0.1, 0.15) is 27.2 Å². The van der Waals surface area contributed by atoms with Crippen LogP contribution in [0.2, 0.25) is 0 Å². The van der Waals surface area contributed by atoms with Crippen LogP contribution in [0, 0.1) is 13.8 Å². The number of hydrogen-bond acceptors (Lipinski definition) is 7. The maximum atomic E-state index is 13.7. The molecular formula is C30H27F3N8O3. The third-order valence-corrected chi connectivity index (χ3v) is 7.24. The molecule has 0 bridgehead atoms. The van der Waals surface area contributed by atoms with Crippen molar-refractivity contribution in [2.24, 2.45) is 0 Å². The van der Waals surface area contributed by atoms with Gasteiger partial charge in [0.05, 0.1) is 36.2 Å². The van der Waals surface area contributed by atoms with E-state index in [1.54, 1.807) is 50.5 Å². The summed E-state index contributed by atoms with van der Waals surface area (Å²) in [7, 11) is 0. The second kappa shape index (κ2) is 11.4. The fourth-order valence-corrected chi connectivity index (χ4v) is 4.96. The van der Waals surface area contributed by atoms with Gasteiger partial charge in [0.2, 0.25) is 0 Å². The molecule has 2 aromatic carbocycles. The van der Waals surface area contributed by atoms with Gasteiger partial charge in [0.1, 0.15) is 12.1 Å². The van der Waals surface area contributed by atoms with Crippen molar-refractivity contribution in [3.63, 3.8) is 0 Å². The lowest BCUT2D eigenvalue weighted by Crippen LogP contribution is -2.36. The second-order valence-electron chi connectivity index (χ2n) is 10.3. The number of ether oxygens (including phenoxy) is 1. The van der Waals surface area contributed by atoms with Crippen molar-refractivity contribution < 1.29 is 27.5 Å². The predicted molar refractivity (Wildman–Crippen MR) is 157 cm³/mol. The van der Waals surface area contributed by atoms with Crippen molar-refractivity contribution in [1.29, 1.82) is 0 Å². The van der Waals surface area contributed by atoms with Crippen molar-refractivity contribution >= 4 is 40.2 Å². The number of morpholine rings is 1. The quantitative estimate of drug-likeness (QED) is 0.275. The zero-order chi connectivity index (χ0) is 31.0. The second-order valence-corrected chi connectivity index (χ2v) is 10.3. The summed E-state index contributed by atoms with van der Waals surface area (Å²) in [6.45, 7) is 6.00. The highest BCUT2D eigenvalue weighted by Gasteiger charge is 2.32. The van der Waals surface area contributed by atoms with Gasteiger partial charge >= 0.3 is 12.2 Å². The molecule has 11 nitrogen and oxygen atoms in total. The molecule has 5 aromatic rings. The minimum Gasteiger partial charge on any atom is -0.378 e. The molecule has 2 N–H and O–H groups in total. The number of hydrogen-bond donors (Lipinski definition) is 2. The molecule has 1 saturated heterocycles. The average molecular weight is 605 g/mol. The molecule has 1 aliphatic rings. The van der Waals surface area contributed by atoms with Gasteiger partial charge < -0.3 is 24.8 Å². The molecule has 44 heavy (non-hydrogen) atoms. The fourth-order valence-electron chi connectivity index (χ4n) is 4.96. The molecule has 226 valence electrons. The minimum atomic E-state index is -4.67. The van der Waals surface area contributed by atoms with Crippen LogP contribution in [0.5, 0.6) is 0 Å². The van der Waals surface area contributed by atoms with Crippen LogP contribution >= 0.6 is 0 Å². The molecule has 1 aliphatic heterocycles. The predicted octanol–water partition coefficient (Wildman–Crippen LogP) is 5.42. The molecule has 0 radical (unpaired) electrons.